The highest BCUT2D eigenvalue weighted by atomic mass is 35.5. The van der Waals surface area contributed by atoms with Gasteiger partial charge in [-0.15, -0.1) is 0 Å². The molecule has 0 fully saturated rings. The van der Waals surface area contributed by atoms with Gasteiger partial charge < -0.3 is 14.1 Å². The third-order valence-electron chi connectivity index (χ3n) is 5.16. The maximum Gasteiger partial charge on any atom is 0.344 e. The SMILES string of the molecule is Cc1c2c(cc3c1oc(=O)c1ccccc13)CN(c1ccc(Cl)c(Cl)c1)CO2. The van der Waals surface area contributed by atoms with Crippen molar-refractivity contribution in [1.82, 2.24) is 0 Å². The van der Waals surface area contributed by atoms with Crippen molar-refractivity contribution in [3.05, 3.63) is 80.1 Å². The number of rotatable bonds is 1. The molecule has 0 saturated carbocycles. The highest BCUT2D eigenvalue weighted by Crippen LogP contribution is 2.38. The van der Waals surface area contributed by atoms with Crippen LogP contribution < -0.4 is 15.3 Å². The van der Waals surface area contributed by atoms with Gasteiger partial charge in [0.05, 0.1) is 15.4 Å². The first-order valence-electron chi connectivity index (χ1n) is 8.84. The van der Waals surface area contributed by atoms with Gasteiger partial charge in [-0.1, -0.05) is 41.4 Å². The van der Waals surface area contributed by atoms with E-state index in [-0.39, 0.29) is 5.63 Å². The minimum absolute atomic E-state index is 0.334. The number of benzene rings is 3. The fraction of sp³-hybridized carbons (Fsp3) is 0.136. The molecule has 0 spiro atoms. The van der Waals surface area contributed by atoms with Gasteiger partial charge in [-0.2, -0.15) is 0 Å². The van der Waals surface area contributed by atoms with E-state index in [0.717, 1.165) is 33.3 Å². The van der Waals surface area contributed by atoms with E-state index in [4.69, 9.17) is 32.4 Å². The second kappa shape index (κ2) is 6.43. The Balaban J connectivity index is 1.68. The lowest BCUT2D eigenvalue weighted by atomic mass is 10.00. The third kappa shape index (κ3) is 2.64. The Labute approximate surface area is 170 Å². The Morgan fingerprint density at radius 3 is 2.54 bits per heavy atom. The van der Waals surface area contributed by atoms with Crippen molar-refractivity contribution in [2.24, 2.45) is 0 Å². The summed E-state index contributed by atoms with van der Waals surface area (Å²) in [6.45, 7) is 2.94. The quantitative estimate of drug-likeness (QED) is 0.288. The molecule has 5 rings (SSSR count). The van der Waals surface area contributed by atoms with E-state index in [0.29, 0.717) is 34.3 Å². The molecule has 140 valence electrons. The van der Waals surface area contributed by atoms with E-state index in [2.05, 4.69) is 4.90 Å². The molecule has 4 aromatic rings. The maximum atomic E-state index is 12.4. The Bertz CT molecular complexity index is 1310. The lowest BCUT2D eigenvalue weighted by Gasteiger charge is -2.32. The number of ether oxygens (including phenoxy) is 1. The normalized spacial score (nSPS) is 13.6. The molecular weight excluding hydrogens is 397 g/mol. The van der Waals surface area contributed by atoms with Crippen molar-refractivity contribution in [2.75, 3.05) is 11.6 Å². The lowest BCUT2D eigenvalue weighted by Crippen LogP contribution is -2.32. The summed E-state index contributed by atoms with van der Waals surface area (Å²) < 4.78 is 11.7. The first kappa shape index (κ1) is 17.4. The van der Waals surface area contributed by atoms with Crippen LogP contribution in [0.3, 0.4) is 0 Å². The molecule has 0 bridgehead atoms. The predicted molar refractivity (Wildman–Crippen MR) is 113 cm³/mol. The second-order valence-corrected chi connectivity index (χ2v) is 7.69. The van der Waals surface area contributed by atoms with Gasteiger partial charge in [-0.05, 0) is 42.6 Å². The van der Waals surface area contributed by atoms with Crippen LogP contribution in [0.2, 0.25) is 10.0 Å². The fourth-order valence-corrected chi connectivity index (χ4v) is 4.08. The molecular formula is C22H15Cl2NO3. The smallest absolute Gasteiger partial charge is 0.344 e. The first-order valence-corrected chi connectivity index (χ1v) is 9.59. The van der Waals surface area contributed by atoms with Crippen molar-refractivity contribution in [1.29, 1.82) is 0 Å². The summed E-state index contributed by atoms with van der Waals surface area (Å²) in [6.07, 6.45) is 0. The van der Waals surface area contributed by atoms with E-state index >= 15 is 0 Å². The van der Waals surface area contributed by atoms with E-state index in [1.54, 1.807) is 12.1 Å². The molecule has 1 aliphatic heterocycles. The highest BCUT2D eigenvalue weighted by Gasteiger charge is 2.23. The van der Waals surface area contributed by atoms with Gasteiger partial charge in [0, 0.05) is 28.7 Å². The van der Waals surface area contributed by atoms with Gasteiger partial charge in [-0.25, -0.2) is 4.79 Å². The fourth-order valence-electron chi connectivity index (χ4n) is 3.79. The minimum atomic E-state index is -0.334. The van der Waals surface area contributed by atoms with E-state index in [1.807, 2.05) is 43.3 Å². The molecule has 4 nitrogen and oxygen atoms in total. The predicted octanol–water partition coefficient (Wildman–Crippen LogP) is 5.92. The number of nitrogens with zero attached hydrogens (tertiary/aromatic N) is 1. The van der Waals surface area contributed by atoms with E-state index < -0.39 is 0 Å². The topological polar surface area (TPSA) is 42.7 Å². The van der Waals surface area contributed by atoms with Crippen LogP contribution in [0.15, 0.2) is 57.7 Å². The Hall–Kier alpha value is -2.69. The third-order valence-corrected chi connectivity index (χ3v) is 5.90. The maximum absolute atomic E-state index is 12.4. The van der Waals surface area contributed by atoms with Crippen LogP contribution in [0.4, 0.5) is 5.69 Å². The largest absolute Gasteiger partial charge is 0.472 e. The Kier molecular flexibility index (Phi) is 4.00. The number of hydrogen-bond acceptors (Lipinski definition) is 4. The van der Waals surface area contributed by atoms with Crippen molar-refractivity contribution >= 4 is 50.6 Å². The zero-order valence-corrected chi connectivity index (χ0v) is 16.5. The number of halogens is 2. The minimum Gasteiger partial charge on any atom is -0.472 e. The van der Waals surface area contributed by atoms with Gasteiger partial charge in [0.25, 0.3) is 0 Å². The van der Waals surface area contributed by atoms with Gasteiger partial charge in [0.1, 0.15) is 11.3 Å². The summed E-state index contributed by atoms with van der Waals surface area (Å²) in [5.41, 5.74) is 3.04. The monoisotopic (exact) mass is 411 g/mol. The molecule has 2 heterocycles. The van der Waals surface area contributed by atoms with Crippen LogP contribution >= 0.6 is 23.2 Å². The molecule has 6 heteroatoms. The van der Waals surface area contributed by atoms with E-state index in [1.165, 1.54) is 0 Å². The van der Waals surface area contributed by atoms with Crippen LogP contribution in [-0.4, -0.2) is 6.73 Å². The molecule has 0 saturated heterocycles. The highest BCUT2D eigenvalue weighted by molar-refractivity contribution is 6.42. The molecule has 3 aromatic carbocycles. The molecule has 28 heavy (non-hydrogen) atoms. The molecule has 0 amide bonds. The first-order chi connectivity index (χ1) is 13.5. The van der Waals surface area contributed by atoms with E-state index in [9.17, 15) is 4.79 Å². The van der Waals surface area contributed by atoms with Crippen LogP contribution in [0, 0.1) is 6.92 Å². The summed E-state index contributed by atoms with van der Waals surface area (Å²) in [5.74, 6) is 0.766. The molecule has 1 aromatic heterocycles. The molecule has 0 radical (unpaired) electrons. The van der Waals surface area contributed by atoms with Gasteiger partial charge in [-0.3, -0.25) is 0 Å². The van der Waals surface area contributed by atoms with Crippen LogP contribution in [0.25, 0.3) is 21.7 Å². The van der Waals surface area contributed by atoms with Gasteiger partial charge >= 0.3 is 5.63 Å². The Morgan fingerprint density at radius 2 is 1.75 bits per heavy atom. The summed E-state index contributed by atoms with van der Waals surface area (Å²) >= 11 is 12.2. The summed E-state index contributed by atoms with van der Waals surface area (Å²) in [6, 6.07) is 15.1. The molecule has 0 N–H and O–H groups in total. The van der Waals surface area contributed by atoms with Gasteiger partial charge in [0.15, 0.2) is 6.73 Å². The van der Waals surface area contributed by atoms with Gasteiger partial charge in [0.2, 0.25) is 0 Å². The van der Waals surface area contributed by atoms with Crippen molar-refractivity contribution in [2.45, 2.75) is 13.5 Å². The van der Waals surface area contributed by atoms with Crippen molar-refractivity contribution in [3.63, 3.8) is 0 Å². The second-order valence-electron chi connectivity index (χ2n) is 6.87. The summed E-state index contributed by atoms with van der Waals surface area (Å²) in [5, 5.41) is 3.39. The van der Waals surface area contributed by atoms with Crippen LogP contribution in [0.5, 0.6) is 5.75 Å². The molecule has 0 atom stereocenters. The van der Waals surface area contributed by atoms with Crippen molar-refractivity contribution < 1.29 is 9.15 Å². The molecule has 1 aliphatic rings. The van der Waals surface area contributed by atoms with Crippen LogP contribution in [0.1, 0.15) is 11.1 Å². The zero-order chi connectivity index (χ0) is 19.4. The van der Waals surface area contributed by atoms with Crippen molar-refractivity contribution in [3.8, 4) is 5.75 Å². The number of hydrogen-bond donors (Lipinski definition) is 0. The summed E-state index contributed by atoms with van der Waals surface area (Å²) in [4.78, 5) is 14.5. The average Bonchev–Trinajstić information content (AvgIpc) is 2.71. The molecule has 0 unspecified atom stereocenters. The zero-order valence-electron chi connectivity index (χ0n) is 15.0. The summed E-state index contributed by atoms with van der Waals surface area (Å²) in [7, 11) is 0. The Morgan fingerprint density at radius 1 is 0.964 bits per heavy atom. The lowest BCUT2D eigenvalue weighted by molar-refractivity contribution is 0.287. The number of fused-ring (bicyclic) bond motifs is 4. The standard InChI is InChI=1S/C22H15Cl2NO3/c1-12-20-13(10-25(11-27-20)14-6-7-18(23)19(24)9-14)8-17-15-4-2-3-5-16(15)22(26)28-21(12)17/h2-9H,10-11H2,1H3. The number of aryl methyl sites for hydroxylation is 1. The molecule has 0 aliphatic carbocycles. The van der Waals surface area contributed by atoms with Crippen LogP contribution in [-0.2, 0) is 6.54 Å². The number of anilines is 1. The average molecular weight is 412 g/mol.